The molecule has 0 bridgehead atoms. The van der Waals surface area contributed by atoms with Gasteiger partial charge in [-0.3, -0.25) is 4.79 Å². The van der Waals surface area contributed by atoms with Gasteiger partial charge in [0.15, 0.2) is 5.78 Å². The molecule has 1 aliphatic carbocycles. The minimum absolute atomic E-state index is 0.220. The molecule has 0 heterocycles. The molecule has 0 aromatic rings. The topological polar surface area (TPSA) is 51.2 Å². The zero-order valence-corrected chi connectivity index (χ0v) is 8.20. The van der Waals surface area contributed by atoms with Crippen molar-refractivity contribution in [2.75, 3.05) is 0 Å². The van der Waals surface area contributed by atoms with Gasteiger partial charge in [0.1, 0.15) is 5.25 Å². The fourth-order valence-corrected chi connectivity index (χ4v) is 2.87. The van der Waals surface area contributed by atoms with Gasteiger partial charge in [0.2, 0.25) is 9.05 Å². The molecule has 0 aliphatic heterocycles. The zero-order chi connectivity index (χ0) is 9.19. The van der Waals surface area contributed by atoms with Crippen LogP contribution in [-0.2, 0) is 13.8 Å². The Morgan fingerprint density at radius 2 is 1.92 bits per heavy atom. The maximum atomic E-state index is 11.2. The van der Waals surface area contributed by atoms with Crippen LogP contribution in [0.5, 0.6) is 0 Å². The Labute approximate surface area is 76.5 Å². The number of Topliss-reactive ketones (excluding diaryl/α,β-unsaturated/α-hetero) is 1. The Hall–Kier alpha value is -0.0900. The quantitative estimate of drug-likeness (QED) is 0.486. The summed E-state index contributed by atoms with van der Waals surface area (Å²) in [5.41, 5.74) is 0. The van der Waals surface area contributed by atoms with Gasteiger partial charge in [0, 0.05) is 17.1 Å². The van der Waals surface area contributed by atoms with Gasteiger partial charge in [-0.05, 0) is 12.8 Å². The molecule has 0 spiro atoms. The smallest absolute Gasteiger partial charge is 0.242 e. The van der Waals surface area contributed by atoms with E-state index in [0.717, 1.165) is 19.3 Å². The zero-order valence-electron chi connectivity index (χ0n) is 6.62. The van der Waals surface area contributed by atoms with Crippen LogP contribution in [0.25, 0.3) is 0 Å². The summed E-state index contributed by atoms with van der Waals surface area (Å²) in [5, 5.41) is -0.943. The van der Waals surface area contributed by atoms with E-state index in [-0.39, 0.29) is 5.78 Å². The van der Waals surface area contributed by atoms with Gasteiger partial charge < -0.3 is 0 Å². The fourth-order valence-electron chi connectivity index (χ4n) is 1.43. The Balaban J connectivity index is 2.80. The van der Waals surface area contributed by atoms with Crippen LogP contribution in [-0.4, -0.2) is 19.5 Å². The molecule has 0 aromatic carbocycles. The highest BCUT2D eigenvalue weighted by atomic mass is 35.7. The van der Waals surface area contributed by atoms with Gasteiger partial charge in [-0.15, -0.1) is 0 Å². The predicted molar refractivity (Wildman–Crippen MR) is 46.7 cm³/mol. The summed E-state index contributed by atoms with van der Waals surface area (Å²) in [5.74, 6) is -0.220. The minimum Gasteiger partial charge on any atom is -0.298 e. The van der Waals surface area contributed by atoms with Crippen LogP contribution >= 0.6 is 10.7 Å². The lowest BCUT2D eigenvalue weighted by Crippen LogP contribution is -2.25. The number of hydrogen-bond acceptors (Lipinski definition) is 3. The molecule has 1 aliphatic rings. The molecule has 1 unspecified atom stereocenters. The molecule has 1 rings (SSSR count). The second-order valence-corrected chi connectivity index (χ2v) is 5.84. The molecular weight excluding hydrogens is 200 g/mol. The standard InChI is InChI=1S/C7H11ClO3S/c8-12(10,11)7-5-3-1-2-4-6(7)9/h7H,1-5H2. The van der Waals surface area contributed by atoms with E-state index in [1.165, 1.54) is 0 Å². The Kier molecular flexibility index (Phi) is 3.12. The first-order valence-electron chi connectivity index (χ1n) is 3.98. The van der Waals surface area contributed by atoms with Crippen LogP contribution in [0, 0.1) is 0 Å². The van der Waals surface area contributed by atoms with E-state index >= 15 is 0 Å². The third-order valence-corrected chi connectivity index (χ3v) is 3.91. The lowest BCUT2D eigenvalue weighted by atomic mass is 10.2. The van der Waals surface area contributed by atoms with Gasteiger partial charge in [0.05, 0.1) is 0 Å². The summed E-state index contributed by atoms with van der Waals surface area (Å²) in [6.07, 6.45) is 3.25. The van der Waals surface area contributed by atoms with Crippen molar-refractivity contribution in [2.45, 2.75) is 37.4 Å². The summed E-state index contributed by atoms with van der Waals surface area (Å²) >= 11 is 0. The molecule has 3 nitrogen and oxygen atoms in total. The largest absolute Gasteiger partial charge is 0.298 e. The van der Waals surface area contributed by atoms with Crippen molar-refractivity contribution in [1.29, 1.82) is 0 Å². The molecule has 0 amide bonds. The molecule has 5 heteroatoms. The molecule has 1 fully saturated rings. The van der Waals surface area contributed by atoms with Gasteiger partial charge in [-0.2, -0.15) is 0 Å². The van der Waals surface area contributed by atoms with Crippen LogP contribution in [0.15, 0.2) is 0 Å². The van der Waals surface area contributed by atoms with E-state index < -0.39 is 14.3 Å². The van der Waals surface area contributed by atoms with E-state index in [9.17, 15) is 13.2 Å². The van der Waals surface area contributed by atoms with Crippen molar-refractivity contribution in [3.8, 4) is 0 Å². The van der Waals surface area contributed by atoms with Gasteiger partial charge in [0.25, 0.3) is 0 Å². The third-order valence-electron chi connectivity index (χ3n) is 2.09. The van der Waals surface area contributed by atoms with Crippen LogP contribution in [0.1, 0.15) is 32.1 Å². The van der Waals surface area contributed by atoms with E-state index in [1.54, 1.807) is 0 Å². The number of hydrogen-bond donors (Lipinski definition) is 0. The van der Waals surface area contributed by atoms with Crippen molar-refractivity contribution in [1.82, 2.24) is 0 Å². The van der Waals surface area contributed by atoms with Gasteiger partial charge >= 0.3 is 0 Å². The van der Waals surface area contributed by atoms with Crippen molar-refractivity contribution >= 4 is 25.5 Å². The minimum atomic E-state index is -3.68. The maximum absolute atomic E-state index is 11.2. The lowest BCUT2D eigenvalue weighted by molar-refractivity contribution is -0.118. The predicted octanol–water partition coefficient (Wildman–Crippen LogP) is 1.46. The second kappa shape index (κ2) is 3.75. The van der Waals surface area contributed by atoms with Crippen LogP contribution in [0.2, 0.25) is 0 Å². The van der Waals surface area contributed by atoms with E-state index in [1.807, 2.05) is 0 Å². The molecular formula is C7H11ClO3S. The van der Waals surface area contributed by atoms with Crippen LogP contribution in [0.3, 0.4) is 0 Å². The highest BCUT2D eigenvalue weighted by Crippen LogP contribution is 2.22. The first-order chi connectivity index (χ1) is 5.52. The summed E-state index contributed by atoms with van der Waals surface area (Å²) in [6, 6.07) is 0. The van der Waals surface area contributed by atoms with E-state index in [0.29, 0.717) is 12.8 Å². The molecule has 1 saturated carbocycles. The van der Waals surface area contributed by atoms with Crippen LogP contribution < -0.4 is 0 Å². The number of rotatable bonds is 1. The average Bonchev–Trinajstić information content (AvgIpc) is 2.11. The average molecular weight is 211 g/mol. The Morgan fingerprint density at radius 3 is 2.50 bits per heavy atom. The Morgan fingerprint density at radius 1 is 1.25 bits per heavy atom. The van der Waals surface area contributed by atoms with Crippen molar-refractivity contribution < 1.29 is 13.2 Å². The number of ketones is 1. The summed E-state index contributed by atoms with van der Waals surface area (Å²) in [7, 11) is 1.46. The molecule has 12 heavy (non-hydrogen) atoms. The molecule has 70 valence electrons. The summed E-state index contributed by atoms with van der Waals surface area (Å²) < 4.78 is 21.8. The molecule has 0 N–H and O–H groups in total. The second-order valence-electron chi connectivity index (χ2n) is 3.03. The first kappa shape index (κ1) is 9.99. The van der Waals surface area contributed by atoms with Gasteiger partial charge in [-0.1, -0.05) is 12.8 Å². The van der Waals surface area contributed by atoms with Crippen molar-refractivity contribution in [2.24, 2.45) is 0 Å². The third kappa shape index (κ3) is 2.45. The SMILES string of the molecule is O=C1CCCCCC1S(=O)(=O)Cl. The lowest BCUT2D eigenvalue weighted by Gasteiger charge is -2.07. The molecule has 1 atom stereocenters. The Bertz CT molecular complexity index is 270. The molecule has 0 radical (unpaired) electrons. The normalized spacial score (nSPS) is 26.8. The van der Waals surface area contributed by atoms with E-state index in [4.69, 9.17) is 10.7 Å². The number of carbonyl (C=O) groups is 1. The maximum Gasteiger partial charge on any atom is 0.242 e. The summed E-state index contributed by atoms with van der Waals surface area (Å²) in [6.45, 7) is 0. The van der Waals surface area contributed by atoms with Crippen molar-refractivity contribution in [3.63, 3.8) is 0 Å². The highest BCUT2D eigenvalue weighted by Gasteiger charge is 2.31. The molecule has 0 saturated heterocycles. The summed E-state index contributed by atoms with van der Waals surface area (Å²) in [4.78, 5) is 11.2. The van der Waals surface area contributed by atoms with Crippen molar-refractivity contribution in [3.05, 3.63) is 0 Å². The fraction of sp³-hybridized carbons (Fsp3) is 0.857. The number of carbonyl (C=O) groups excluding carboxylic acids is 1. The number of halogens is 1. The monoisotopic (exact) mass is 210 g/mol. The molecule has 0 aromatic heterocycles. The highest BCUT2D eigenvalue weighted by molar-refractivity contribution is 8.14. The van der Waals surface area contributed by atoms with E-state index in [2.05, 4.69) is 0 Å². The first-order valence-corrected chi connectivity index (χ1v) is 6.35. The van der Waals surface area contributed by atoms with Crippen LogP contribution in [0.4, 0.5) is 0 Å². The van der Waals surface area contributed by atoms with Gasteiger partial charge in [-0.25, -0.2) is 8.42 Å².